The standard InChI is InChI=1S/C16H18ClN/c1-2-3-12-18(15-9-5-4-6-10-15)16-11-7-8-14(17)13-16/h4-11,13H,2-3,12H2,1H3. The molecule has 0 aliphatic carbocycles. The topological polar surface area (TPSA) is 3.24 Å². The first kappa shape index (κ1) is 13.0. The molecule has 2 aromatic rings. The Morgan fingerprint density at radius 3 is 2.33 bits per heavy atom. The van der Waals surface area contributed by atoms with E-state index in [9.17, 15) is 0 Å². The molecular weight excluding hydrogens is 242 g/mol. The van der Waals surface area contributed by atoms with Gasteiger partial charge < -0.3 is 4.90 Å². The summed E-state index contributed by atoms with van der Waals surface area (Å²) in [4.78, 5) is 2.31. The Bertz CT molecular complexity index is 481. The van der Waals surface area contributed by atoms with E-state index in [0.717, 1.165) is 17.3 Å². The molecule has 2 aromatic carbocycles. The van der Waals surface area contributed by atoms with Crippen LogP contribution in [0.1, 0.15) is 19.8 Å². The van der Waals surface area contributed by atoms with E-state index in [2.05, 4.69) is 42.2 Å². The Labute approximate surface area is 114 Å². The number of hydrogen-bond acceptors (Lipinski definition) is 1. The van der Waals surface area contributed by atoms with Crippen molar-refractivity contribution in [3.8, 4) is 0 Å². The Morgan fingerprint density at radius 1 is 0.944 bits per heavy atom. The second-order valence-electron chi connectivity index (χ2n) is 4.32. The Morgan fingerprint density at radius 2 is 1.67 bits per heavy atom. The van der Waals surface area contributed by atoms with Crippen LogP contribution in [0.25, 0.3) is 0 Å². The summed E-state index contributed by atoms with van der Waals surface area (Å²) in [5, 5.41) is 0.782. The van der Waals surface area contributed by atoms with Crippen molar-refractivity contribution in [3.05, 3.63) is 59.6 Å². The molecule has 0 aliphatic heterocycles. The van der Waals surface area contributed by atoms with Gasteiger partial charge in [-0.25, -0.2) is 0 Å². The van der Waals surface area contributed by atoms with Gasteiger partial charge in [-0.1, -0.05) is 49.2 Å². The number of hydrogen-bond donors (Lipinski definition) is 0. The molecule has 94 valence electrons. The van der Waals surface area contributed by atoms with Crippen molar-refractivity contribution in [2.45, 2.75) is 19.8 Å². The van der Waals surface area contributed by atoms with Crippen LogP contribution in [0, 0.1) is 0 Å². The lowest BCUT2D eigenvalue weighted by Gasteiger charge is -2.25. The monoisotopic (exact) mass is 259 g/mol. The fourth-order valence-corrected chi connectivity index (χ4v) is 2.16. The highest BCUT2D eigenvalue weighted by atomic mass is 35.5. The minimum atomic E-state index is 0.782. The van der Waals surface area contributed by atoms with E-state index in [4.69, 9.17) is 11.6 Å². The van der Waals surface area contributed by atoms with Gasteiger partial charge in [0.25, 0.3) is 0 Å². The van der Waals surface area contributed by atoms with Gasteiger partial charge in [-0.3, -0.25) is 0 Å². The SMILES string of the molecule is CCCCN(c1ccccc1)c1cccc(Cl)c1. The molecule has 0 fully saturated rings. The molecule has 18 heavy (non-hydrogen) atoms. The predicted octanol–water partition coefficient (Wildman–Crippen LogP) is 5.28. The van der Waals surface area contributed by atoms with Crippen molar-refractivity contribution in [1.29, 1.82) is 0 Å². The van der Waals surface area contributed by atoms with Crippen LogP contribution < -0.4 is 4.90 Å². The van der Waals surface area contributed by atoms with Gasteiger partial charge in [-0.2, -0.15) is 0 Å². The van der Waals surface area contributed by atoms with Gasteiger partial charge >= 0.3 is 0 Å². The largest absolute Gasteiger partial charge is 0.341 e. The molecular formula is C16H18ClN. The highest BCUT2D eigenvalue weighted by molar-refractivity contribution is 6.30. The molecule has 1 nitrogen and oxygen atoms in total. The molecule has 0 radical (unpaired) electrons. The van der Waals surface area contributed by atoms with E-state index in [0.29, 0.717) is 0 Å². The minimum absolute atomic E-state index is 0.782. The zero-order chi connectivity index (χ0) is 12.8. The highest BCUT2D eigenvalue weighted by Gasteiger charge is 2.08. The van der Waals surface area contributed by atoms with Crippen molar-refractivity contribution in [2.75, 3.05) is 11.4 Å². The fourth-order valence-electron chi connectivity index (χ4n) is 1.98. The molecule has 0 saturated carbocycles. The zero-order valence-corrected chi connectivity index (χ0v) is 11.4. The highest BCUT2D eigenvalue weighted by Crippen LogP contribution is 2.27. The summed E-state index contributed by atoms with van der Waals surface area (Å²) < 4.78 is 0. The molecule has 0 spiro atoms. The van der Waals surface area contributed by atoms with Gasteiger partial charge in [-0.15, -0.1) is 0 Å². The van der Waals surface area contributed by atoms with Gasteiger partial charge in [0.05, 0.1) is 0 Å². The summed E-state index contributed by atoms with van der Waals surface area (Å²) in [6.07, 6.45) is 2.35. The van der Waals surface area contributed by atoms with Crippen LogP contribution in [0.5, 0.6) is 0 Å². The number of halogens is 1. The average molecular weight is 260 g/mol. The van der Waals surface area contributed by atoms with E-state index in [1.165, 1.54) is 18.5 Å². The van der Waals surface area contributed by atoms with Gasteiger partial charge in [0.2, 0.25) is 0 Å². The number of para-hydroxylation sites is 1. The van der Waals surface area contributed by atoms with E-state index in [-0.39, 0.29) is 0 Å². The number of anilines is 2. The first-order valence-electron chi connectivity index (χ1n) is 6.39. The molecule has 0 atom stereocenters. The van der Waals surface area contributed by atoms with E-state index >= 15 is 0 Å². The third-order valence-corrected chi connectivity index (χ3v) is 3.16. The maximum atomic E-state index is 6.08. The zero-order valence-electron chi connectivity index (χ0n) is 10.6. The van der Waals surface area contributed by atoms with Crippen LogP contribution in [0.2, 0.25) is 5.02 Å². The van der Waals surface area contributed by atoms with Crippen molar-refractivity contribution in [3.63, 3.8) is 0 Å². The lowest BCUT2D eigenvalue weighted by Crippen LogP contribution is -2.18. The predicted molar refractivity (Wildman–Crippen MR) is 79.8 cm³/mol. The second kappa shape index (κ2) is 6.46. The number of unbranched alkanes of at least 4 members (excludes halogenated alkanes) is 1. The van der Waals surface area contributed by atoms with Crippen LogP contribution >= 0.6 is 11.6 Å². The van der Waals surface area contributed by atoms with E-state index in [1.54, 1.807) is 0 Å². The molecule has 0 heterocycles. The molecule has 0 bridgehead atoms. The molecule has 0 aliphatic rings. The molecule has 0 unspecified atom stereocenters. The molecule has 0 N–H and O–H groups in total. The van der Waals surface area contributed by atoms with Crippen LogP contribution in [0.3, 0.4) is 0 Å². The van der Waals surface area contributed by atoms with Crippen molar-refractivity contribution >= 4 is 23.0 Å². The molecule has 2 heteroatoms. The number of benzene rings is 2. The Hall–Kier alpha value is -1.47. The average Bonchev–Trinajstić information content (AvgIpc) is 2.40. The molecule has 0 saturated heterocycles. The van der Waals surface area contributed by atoms with Crippen LogP contribution in [-0.4, -0.2) is 6.54 Å². The van der Waals surface area contributed by atoms with E-state index in [1.807, 2.05) is 24.3 Å². The Balaban J connectivity index is 2.31. The van der Waals surface area contributed by atoms with Crippen molar-refractivity contribution in [2.24, 2.45) is 0 Å². The maximum Gasteiger partial charge on any atom is 0.0426 e. The fraction of sp³-hybridized carbons (Fsp3) is 0.250. The van der Waals surface area contributed by atoms with Crippen molar-refractivity contribution < 1.29 is 0 Å². The first-order chi connectivity index (χ1) is 8.81. The first-order valence-corrected chi connectivity index (χ1v) is 6.77. The Kier molecular flexibility index (Phi) is 4.66. The summed E-state index contributed by atoms with van der Waals surface area (Å²) in [6.45, 7) is 3.22. The van der Waals surface area contributed by atoms with E-state index < -0.39 is 0 Å². The van der Waals surface area contributed by atoms with Gasteiger partial charge in [-0.05, 0) is 36.8 Å². The third-order valence-electron chi connectivity index (χ3n) is 2.92. The summed E-state index contributed by atoms with van der Waals surface area (Å²) in [7, 11) is 0. The smallest absolute Gasteiger partial charge is 0.0426 e. The van der Waals surface area contributed by atoms with Gasteiger partial charge in [0.15, 0.2) is 0 Å². The van der Waals surface area contributed by atoms with Crippen LogP contribution in [-0.2, 0) is 0 Å². The number of nitrogens with zero attached hydrogens (tertiary/aromatic N) is 1. The van der Waals surface area contributed by atoms with Crippen molar-refractivity contribution in [1.82, 2.24) is 0 Å². The summed E-state index contributed by atoms with van der Waals surface area (Å²) in [5.74, 6) is 0. The second-order valence-corrected chi connectivity index (χ2v) is 4.76. The van der Waals surface area contributed by atoms with Gasteiger partial charge in [0, 0.05) is 22.9 Å². The normalized spacial score (nSPS) is 10.3. The number of rotatable bonds is 5. The summed E-state index contributed by atoms with van der Waals surface area (Å²) in [6, 6.07) is 18.5. The molecule has 2 rings (SSSR count). The quantitative estimate of drug-likeness (QED) is 0.706. The lowest BCUT2D eigenvalue weighted by atomic mass is 10.2. The van der Waals surface area contributed by atoms with Gasteiger partial charge in [0.1, 0.15) is 0 Å². The summed E-state index contributed by atoms with van der Waals surface area (Å²) >= 11 is 6.08. The van der Waals surface area contributed by atoms with Crippen LogP contribution in [0.4, 0.5) is 11.4 Å². The van der Waals surface area contributed by atoms with Crippen LogP contribution in [0.15, 0.2) is 54.6 Å². The minimum Gasteiger partial charge on any atom is -0.341 e. The lowest BCUT2D eigenvalue weighted by molar-refractivity contribution is 0.786. The maximum absolute atomic E-state index is 6.08. The molecule has 0 aromatic heterocycles. The molecule has 0 amide bonds. The summed E-state index contributed by atoms with van der Waals surface area (Å²) in [5.41, 5.74) is 2.37. The third kappa shape index (κ3) is 3.27.